The fraction of sp³-hybridized carbons (Fsp3) is 0.600. The van der Waals surface area contributed by atoms with Crippen LogP contribution in [0.1, 0.15) is 31.4 Å². The Kier molecular flexibility index (Phi) is 5.64. The first kappa shape index (κ1) is 14.8. The van der Waals surface area contributed by atoms with E-state index in [-0.39, 0.29) is 0 Å². The summed E-state index contributed by atoms with van der Waals surface area (Å²) in [4.78, 5) is 2.26. The molecule has 0 amide bonds. The second-order valence-corrected chi connectivity index (χ2v) is 5.49. The zero-order chi connectivity index (χ0) is 13.7. The Bertz CT molecular complexity index is 397. The van der Waals surface area contributed by atoms with Crippen LogP contribution in [0.5, 0.6) is 0 Å². The summed E-state index contributed by atoms with van der Waals surface area (Å²) in [6.45, 7) is 5.31. The van der Waals surface area contributed by atoms with Crippen molar-refractivity contribution in [2.24, 2.45) is 0 Å². The summed E-state index contributed by atoms with van der Waals surface area (Å²) < 4.78 is 5.71. The molecule has 1 aliphatic heterocycles. The van der Waals surface area contributed by atoms with Gasteiger partial charge in [-0.25, -0.2) is 0 Å². The SMILES string of the molecule is CCCC1CN(CC(O)c2ccccc2Cl)CCO1. The number of hydrogen-bond acceptors (Lipinski definition) is 3. The molecular weight excluding hydrogens is 262 g/mol. The van der Waals surface area contributed by atoms with E-state index in [1.165, 1.54) is 0 Å². The minimum atomic E-state index is -0.533. The van der Waals surface area contributed by atoms with Crippen molar-refractivity contribution < 1.29 is 9.84 Å². The number of hydrogen-bond donors (Lipinski definition) is 1. The lowest BCUT2D eigenvalue weighted by Crippen LogP contribution is -2.44. The molecule has 1 aromatic rings. The zero-order valence-electron chi connectivity index (χ0n) is 11.4. The van der Waals surface area contributed by atoms with Gasteiger partial charge in [0.15, 0.2) is 0 Å². The lowest BCUT2D eigenvalue weighted by molar-refractivity contribution is -0.0440. The van der Waals surface area contributed by atoms with Crippen LogP contribution in [-0.2, 0) is 4.74 Å². The Morgan fingerprint density at radius 1 is 1.47 bits per heavy atom. The predicted molar refractivity (Wildman–Crippen MR) is 77.5 cm³/mol. The quantitative estimate of drug-likeness (QED) is 0.902. The largest absolute Gasteiger partial charge is 0.387 e. The molecule has 0 radical (unpaired) electrons. The highest BCUT2D eigenvalue weighted by atomic mass is 35.5. The molecule has 1 aromatic carbocycles. The van der Waals surface area contributed by atoms with Gasteiger partial charge in [-0.3, -0.25) is 4.90 Å². The van der Waals surface area contributed by atoms with E-state index in [4.69, 9.17) is 16.3 Å². The number of aliphatic hydroxyl groups is 1. The van der Waals surface area contributed by atoms with E-state index in [9.17, 15) is 5.11 Å². The van der Waals surface area contributed by atoms with E-state index in [1.54, 1.807) is 0 Å². The fourth-order valence-corrected chi connectivity index (χ4v) is 2.79. The van der Waals surface area contributed by atoms with E-state index in [2.05, 4.69) is 11.8 Å². The van der Waals surface area contributed by atoms with Crippen LogP contribution in [0.4, 0.5) is 0 Å². The van der Waals surface area contributed by atoms with Crippen LogP contribution in [0, 0.1) is 0 Å². The van der Waals surface area contributed by atoms with Gasteiger partial charge in [-0.1, -0.05) is 43.1 Å². The van der Waals surface area contributed by atoms with Gasteiger partial charge in [0.2, 0.25) is 0 Å². The summed E-state index contributed by atoms with van der Waals surface area (Å²) in [5.74, 6) is 0. The number of benzene rings is 1. The molecule has 19 heavy (non-hydrogen) atoms. The van der Waals surface area contributed by atoms with Crippen molar-refractivity contribution in [3.8, 4) is 0 Å². The van der Waals surface area contributed by atoms with Crippen molar-refractivity contribution in [2.75, 3.05) is 26.2 Å². The molecule has 3 nitrogen and oxygen atoms in total. The minimum Gasteiger partial charge on any atom is -0.387 e. The lowest BCUT2D eigenvalue weighted by atomic mass is 10.1. The van der Waals surface area contributed by atoms with Gasteiger partial charge in [0.05, 0.1) is 18.8 Å². The van der Waals surface area contributed by atoms with Crippen LogP contribution in [0.15, 0.2) is 24.3 Å². The summed E-state index contributed by atoms with van der Waals surface area (Å²) in [6, 6.07) is 7.49. The van der Waals surface area contributed by atoms with Gasteiger partial charge >= 0.3 is 0 Å². The number of aliphatic hydroxyl groups excluding tert-OH is 1. The maximum absolute atomic E-state index is 10.3. The van der Waals surface area contributed by atoms with Crippen molar-refractivity contribution in [1.29, 1.82) is 0 Å². The molecule has 0 bridgehead atoms. The minimum absolute atomic E-state index is 0.303. The Hall–Kier alpha value is -0.610. The van der Waals surface area contributed by atoms with E-state index >= 15 is 0 Å². The molecule has 1 saturated heterocycles. The molecule has 0 aliphatic carbocycles. The number of nitrogens with zero attached hydrogens (tertiary/aromatic N) is 1. The molecule has 0 aromatic heterocycles. The molecule has 0 spiro atoms. The Morgan fingerprint density at radius 3 is 3.00 bits per heavy atom. The molecule has 2 rings (SSSR count). The molecule has 1 fully saturated rings. The van der Waals surface area contributed by atoms with Crippen molar-refractivity contribution in [3.05, 3.63) is 34.9 Å². The normalized spacial score (nSPS) is 22.4. The summed E-state index contributed by atoms with van der Waals surface area (Å²) in [5, 5.41) is 10.9. The molecular formula is C15H22ClNO2. The molecule has 2 atom stereocenters. The first-order valence-corrected chi connectivity index (χ1v) is 7.35. The fourth-order valence-electron chi connectivity index (χ4n) is 2.53. The van der Waals surface area contributed by atoms with Crippen LogP contribution in [0.3, 0.4) is 0 Å². The smallest absolute Gasteiger partial charge is 0.0931 e. The van der Waals surface area contributed by atoms with Crippen molar-refractivity contribution in [1.82, 2.24) is 4.90 Å². The van der Waals surface area contributed by atoms with Gasteiger partial charge in [0, 0.05) is 30.2 Å². The Labute approximate surface area is 120 Å². The number of ether oxygens (including phenoxy) is 1. The van der Waals surface area contributed by atoms with Crippen LogP contribution in [0.2, 0.25) is 5.02 Å². The van der Waals surface area contributed by atoms with Gasteiger partial charge in [0.1, 0.15) is 0 Å². The third-order valence-corrected chi connectivity index (χ3v) is 3.87. The summed E-state index contributed by atoms with van der Waals surface area (Å²) >= 11 is 6.11. The second-order valence-electron chi connectivity index (χ2n) is 5.08. The van der Waals surface area contributed by atoms with E-state index in [0.29, 0.717) is 17.7 Å². The summed E-state index contributed by atoms with van der Waals surface area (Å²) in [5.41, 5.74) is 0.808. The highest BCUT2D eigenvalue weighted by Crippen LogP contribution is 2.24. The first-order chi connectivity index (χ1) is 9.20. The van der Waals surface area contributed by atoms with Crippen molar-refractivity contribution >= 4 is 11.6 Å². The number of β-amino-alcohol motifs (C(OH)–C–C–N with tert-alkyl or cyclic N) is 1. The maximum atomic E-state index is 10.3. The topological polar surface area (TPSA) is 32.7 Å². The first-order valence-electron chi connectivity index (χ1n) is 6.97. The highest BCUT2D eigenvalue weighted by Gasteiger charge is 2.22. The van der Waals surface area contributed by atoms with Gasteiger partial charge < -0.3 is 9.84 Å². The van der Waals surface area contributed by atoms with E-state index in [1.807, 2.05) is 24.3 Å². The molecule has 106 valence electrons. The van der Waals surface area contributed by atoms with E-state index in [0.717, 1.165) is 38.1 Å². The van der Waals surface area contributed by atoms with Crippen molar-refractivity contribution in [2.45, 2.75) is 32.0 Å². The number of morpholine rings is 1. The molecule has 1 heterocycles. The van der Waals surface area contributed by atoms with Crippen LogP contribution in [0.25, 0.3) is 0 Å². The summed E-state index contributed by atoms with van der Waals surface area (Å²) in [6.07, 6.45) is 1.98. The average Bonchev–Trinajstić information content (AvgIpc) is 2.40. The number of rotatable bonds is 5. The third-order valence-electron chi connectivity index (χ3n) is 3.53. The lowest BCUT2D eigenvalue weighted by Gasteiger charge is -2.34. The number of halogens is 1. The predicted octanol–water partition coefficient (Wildman–Crippen LogP) is 2.87. The second kappa shape index (κ2) is 7.25. The highest BCUT2D eigenvalue weighted by molar-refractivity contribution is 6.31. The third kappa shape index (κ3) is 4.18. The molecule has 2 unspecified atom stereocenters. The zero-order valence-corrected chi connectivity index (χ0v) is 12.1. The van der Waals surface area contributed by atoms with Gasteiger partial charge in [-0.05, 0) is 12.5 Å². The molecule has 4 heteroatoms. The van der Waals surface area contributed by atoms with Gasteiger partial charge in [0.25, 0.3) is 0 Å². The Morgan fingerprint density at radius 2 is 2.26 bits per heavy atom. The van der Waals surface area contributed by atoms with Gasteiger partial charge in [-0.15, -0.1) is 0 Å². The van der Waals surface area contributed by atoms with Crippen LogP contribution >= 0.6 is 11.6 Å². The monoisotopic (exact) mass is 283 g/mol. The van der Waals surface area contributed by atoms with E-state index < -0.39 is 6.10 Å². The molecule has 1 aliphatic rings. The van der Waals surface area contributed by atoms with Crippen LogP contribution < -0.4 is 0 Å². The average molecular weight is 284 g/mol. The van der Waals surface area contributed by atoms with Crippen molar-refractivity contribution in [3.63, 3.8) is 0 Å². The molecule has 1 N–H and O–H groups in total. The Balaban J connectivity index is 1.91. The molecule has 0 saturated carbocycles. The maximum Gasteiger partial charge on any atom is 0.0931 e. The standard InChI is InChI=1S/C15H22ClNO2/c1-2-5-12-10-17(8-9-19-12)11-15(18)13-6-3-4-7-14(13)16/h3-4,6-7,12,15,18H,2,5,8-11H2,1H3. The van der Waals surface area contributed by atoms with Gasteiger partial charge in [-0.2, -0.15) is 0 Å². The summed E-state index contributed by atoms with van der Waals surface area (Å²) in [7, 11) is 0. The van der Waals surface area contributed by atoms with Crippen LogP contribution in [-0.4, -0.2) is 42.4 Å².